The Morgan fingerprint density at radius 2 is 1.43 bits per heavy atom. The van der Waals surface area contributed by atoms with E-state index in [1.807, 2.05) is 60.7 Å². The van der Waals surface area contributed by atoms with Gasteiger partial charge >= 0.3 is 17.8 Å². The molecule has 0 spiro atoms. The molecule has 3 aromatic rings. The molecule has 0 aliphatic rings. The maximum atomic E-state index is 12.9. The van der Waals surface area contributed by atoms with Gasteiger partial charge in [0, 0.05) is 0 Å². The topological polar surface area (TPSA) is 112 Å². The lowest BCUT2D eigenvalue weighted by atomic mass is 10.0. The van der Waals surface area contributed by atoms with Crippen LogP contribution in [-0.4, -0.2) is 17.8 Å². The van der Waals surface area contributed by atoms with Crippen molar-refractivity contribution in [3.05, 3.63) is 95.9 Å². The molecule has 7 heteroatoms. The third-order valence-corrected chi connectivity index (χ3v) is 4.00. The van der Waals surface area contributed by atoms with E-state index in [9.17, 15) is 14.4 Å². The van der Waals surface area contributed by atoms with Crippen LogP contribution in [0.3, 0.4) is 0 Å². The molecule has 1 atom stereocenters. The quantitative estimate of drug-likeness (QED) is 0.505. The third-order valence-electron chi connectivity index (χ3n) is 4.00. The second kappa shape index (κ2) is 8.68. The van der Waals surface area contributed by atoms with Gasteiger partial charge < -0.3 is 20.2 Å². The number of primary amides is 1. The molecule has 0 aliphatic carbocycles. The van der Waals surface area contributed by atoms with Gasteiger partial charge in [0.1, 0.15) is 5.76 Å². The highest BCUT2D eigenvalue weighted by atomic mass is 16.5. The average molecular weight is 378 g/mol. The molecule has 28 heavy (non-hydrogen) atoms. The summed E-state index contributed by atoms with van der Waals surface area (Å²) in [6.07, 6.45) is 0.635. The Labute approximate surface area is 161 Å². The molecule has 3 N–H and O–H groups in total. The average Bonchev–Trinajstić information content (AvgIpc) is 3.25. The lowest BCUT2D eigenvalue weighted by Crippen LogP contribution is -2.41. The highest BCUT2D eigenvalue weighted by Crippen LogP contribution is 2.28. The molecular weight excluding hydrogens is 360 g/mol. The summed E-state index contributed by atoms with van der Waals surface area (Å²) in [5.74, 6) is -3.00. The third kappa shape index (κ3) is 4.45. The van der Waals surface area contributed by atoms with E-state index in [0.717, 1.165) is 11.1 Å². The number of amides is 2. The maximum absolute atomic E-state index is 12.9. The molecule has 0 aliphatic heterocycles. The van der Waals surface area contributed by atoms with Gasteiger partial charge in [0.05, 0.1) is 6.26 Å². The summed E-state index contributed by atoms with van der Waals surface area (Å²) in [6.45, 7) is 0. The summed E-state index contributed by atoms with van der Waals surface area (Å²) < 4.78 is 10.9. The van der Waals surface area contributed by atoms with Crippen molar-refractivity contribution in [2.75, 3.05) is 0 Å². The fourth-order valence-electron chi connectivity index (χ4n) is 2.67. The Morgan fingerprint density at radius 1 is 0.857 bits per heavy atom. The van der Waals surface area contributed by atoms with Crippen LogP contribution in [0.15, 0.2) is 83.5 Å². The van der Waals surface area contributed by atoms with Crippen molar-refractivity contribution in [2.45, 2.75) is 12.1 Å². The van der Waals surface area contributed by atoms with Crippen LogP contribution in [0.2, 0.25) is 0 Å². The maximum Gasteiger partial charge on any atom is 0.337 e. The van der Waals surface area contributed by atoms with Gasteiger partial charge in [-0.25, -0.2) is 4.79 Å². The van der Waals surface area contributed by atoms with Crippen LogP contribution in [-0.2, 0) is 19.1 Å². The largest absolute Gasteiger partial charge is 0.467 e. The monoisotopic (exact) mass is 378 g/mol. The van der Waals surface area contributed by atoms with Gasteiger partial charge in [0.2, 0.25) is 0 Å². The fraction of sp³-hybridized carbons (Fsp3) is 0.0952. The summed E-state index contributed by atoms with van der Waals surface area (Å²) in [4.78, 5) is 35.8. The number of nitrogens with one attached hydrogen (secondary N) is 1. The molecule has 1 aromatic heterocycles. The smallest absolute Gasteiger partial charge is 0.337 e. The number of carbonyl (C=O) groups is 3. The fourth-order valence-corrected chi connectivity index (χ4v) is 2.67. The zero-order valence-electron chi connectivity index (χ0n) is 14.8. The van der Waals surface area contributed by atoms with Gasteiger partial charge in [-0.1, -0.05) is 60.7 Å². The Hall–Kier alpha value is -3.87. The van der Waals surface area contributed by atoms with Gasteiger partial charge in [0.15, 0.2) is 12.1 Å². The van der Waals surface area contributed by atoms with E-state index in [2.05, 4.69) is 5.32 Å². The van der Waals surface area contributed by atoms with Crippen LogP contribution in [0.4, 0.5) is 0 Å². The minimum absolute atomic E-state index is 0.125. The van der Waals surface area contributed by atoms with Crippen LogP contribution in [0.1, 0.15) is 29.0 Å². The number of rotatable bonds is 6. The molecule has 2 aromatic carbocycles. The van der Waals surface area contributed by atoms with Crippen molar-refractivity contribution in [1.29, 1.82) is 0 Å². The number of furan rings is 1. The van der Waals surface area contributed by atoms with Crippen LogP contribution >= 0.6 is 0 Å². The zero-order chi connectivity index (χ0) is 19.9. The molecule has 2 amide bonds. The Morgan fingerprint density at radius 3 is 1.89 bits per heavy atom. The first kappa shape index (κ1) is 18.9. The molecule has 0 radical (unpaired) electrons. The molecule has 0 saturated heterocycles. The minimum Gasteiger partial charge on any atom is -0.467 e. The van der Waals surface area contributed by atoms with Gasteiger partial charge in [-0.3, -0.25) is 9.59 Å². The first-order chi connectivity index (χ1) is 13.6. The summed E-state index contributed by atoms with van der Waals surface area (Å²) in [5.41, 5.74) is 6.49. The van der Waals surface area contributed by atoms with Crippen molar-refractivity contribution in [1.82, 2.24) is 5.32 Å². The first-order valence-electron chi connectivity index (χ1n) is 8.50. The van der Waals surface area contributed by atoms with Crippen LogP contribution in [0, 0.1) is 0 Å². The lowest BCUT2D eigenvalue weighted by molar-refractivity contribution is -0.153. The van der Waals surface area contributed by atoms with Crippen LogP contribution in [0.5, 0.6) is 0 Å². The highest BCUT2D eigenvalue weighted by Gasteiger charge is 2.31. The van der Waals surface area contributed by atoms with Crippen molar-refractivity contribution in [2.24, 2.45) is 5.73 Å². The summed E-state index contributed by atoms with van der Waals surface area (Å²) in [7, 11) is 0. The van der Waals surface area contributed by atoms with E-state index in [1.165, 1.54) is 12.3 Å². The zero-order valence-corrected chi connectivity index (χ0v) is 14.8. The van der Waals surface area contributed by atoms with Gasteiger partial charge in [-0.2, -0.15) is 0 Å². The van der Waals surface area contributed by atoms with Gasteiger partial charge in [-0.05, 0) is 23.3 Å². The van der Waals surface area contributed by atoms with Crippen LogP contribution in [0.25, 0.3) is 0 Å². The van der Waals surface area contributed by atoms with Gasteiger partial charge in [0.25, 0.3) is 0 Å². The Balaban J connectivity index is 1.90. The molecule has 0 fully saturated rings. The van der Waals surface area contributed by atoms with Crippen molar-refractivity contribution in [3.63, 3.8) is 0 Å². The van der Waals surface area contributed by atoms with E-state index in [-0.39, 0.29) is 5.76 Å². The molecule has 0 bridgehead atoms. The van der Waals surface area contributed by atoms with Crippen molar-refractivity contribution < 1.29 is 23.5 Å². The standard InChI is InChI=1S/C21H18N2O5/c22-19(24)20(25)23-17(16-12-7-13-27-16)21(26)28-18(14-8-3-1-4-9-14)15-10-5-2-6-11-15/h1-13,17-18H,(H2,22,24)(H,23,25)/t17-/m1/s1. The summed E-state index contributed by atoms with van der Waals surface area (Å²) in [5, 5.41) is 2.25. The summed E-state index contributed by atoms with van der Waals surface area (Å²) >= 11 is 0. The molecule has 7 nitrogen and oxygen atoms in total. The molecule has 0 unspecified atom stereocenters. The molecule has 3 rings (SSSR count). The number of hydrogen-bond acceptors (Lipinski definition) is 5. The Kier molecular flexibility index (Phi) is 5.86. The normalized spacial score (nSPS) is 11.6. The number of hydrogen-bond donors (Lipinski definition) is 2. The van der Waals surface area contributed by atoms with E-state index in [4.69, 9.17) is 14.9 Å². The second-order valence-corrected chi connectivity index (χ2v) is 5.92. The Bertz CT molecular complexity index is 900. The van der Waals surface area contributed by atoms with Crippen molar-refractivity contribution >= 4 is 17.8 Å². The van der Waals surface area contributed by atoms with E-state index >= 15 is 0 Å². The van der Waals surface area contributed by atoms with Crippen LogP contribution < -0.4 is 11.1 Å². The number of benzene rings is 2. The molecule has 1 heterocycles. The van der Waals surface area contributed by atoms with E-state index < -0.39 is 29.9 Å². The number of nitrogens with two attached hydrogens (primary N) is 1. The number of esters is 1. The first-order valence-corrected chi connectivity index (χ1v) is 8.50. The predicted molar refractivity (Wildman–Crippen MR) is 99.6 cm³/mol. The second-order valence-electron chi connectivity index (χ2n) is 5.92. The predicted octanol–water partition coefficient (Wildman–Crippen LogP) is 2.26. The van der Waals surface area contributed by atoms with E-state index in [0.29, 0.717) is 0 Å². The SMILES string of the molecule is NC(=O)C(=O)N[C@@H](C(=O)OC(c1ccccc1)c1ccccc1)c1ccco1. The van der Waals surface area contributed by atoms with Gasteiger partial charge in [-0.15, -0.1) is 0 Å². The minimum atomic E-state index is -1.31. The molecule has 142 valence electrons. The number of carbonyl (C=O) groups excluding carboxylic acids is 3. The lowest BCUT2D eigenvalue weighted by Gasteiger charge is -2.22. The summed E-state index contributed by atoms with van der Waals surface area (Å²) in [6, 6.07) is 20.1. The highest BCUT2D eigenvalue weighted by molar-refractivity contribution is 6.34. The van der Waals surface area contributed by atoms with Crippen molar-refractivity contribution in [3.8, 4) is 0 Å². The number of ether oxygens (including phenoxy) is 1. The molecular formula is C21H18N2O5. The van der Waals surface area contributed by atoms with E-state index in [1.54, 1.807) is 6.07 Å². The molecule has 0 saturated carbocycles.